The third kappa shape index (κ3) is 4.43. The van der Waals surface area contributed by atoms with Crippen LogP contribution in [0.3, 0.4) is 0 Å². The fourth-order valence-corrected chi connectivity index (χ4v) is 3.76. The Labute approximate surface area is 156 Å². The molecule has 0 bridgehead atoms. The lowest BCUT2D eigenvalue weighted by Gasteiger charge is -2.30. The van der Waals surface area contributed by atoms with E-state index in [1.165, 1.54) is 0 Å². The van der Waals surface area contributed by atoms with Crippen molar-refractivity contribution < 1.29 is 36.9 Å². The maximum atomic E-state index is 12.4. The van der Waals surface area contributed by atoms with Gasteiger partial charge in [0.1, 0.15) is 0 Å². The van der Waals surface area contributed by atoms with Crippen molar-refractivity contribution in [1.82, 2.24) is 0 Å². The van der Waals surface area contributed by atoms with Gasteiger partial charge in [-0.1, -0.05) is 13.3 Å². The van der Waals surface area contributed by atoms with Crippen LogP contribution in [0.5, 0.6) is 0 Å². The van der Waals surface area contributed by atoms with Gasteiger partial charge in [0.25, 0.3) is 15.8 Å². The molecule has 0 aliphatic carbocycles. The zero-order chi connectivity index (χ0) is 20.2. The second-order valence-electron chi connectivity index (χ2n) is 5.94. The molecule has 1 aromatic rings. The quantitative estimate of drug-likeness (QED) is 0.281. The number of ether oxygens (including phenoxy) is 2. The van der Waals surface area contributed by atoms with E-state index in [4.69, 9.17) is 13.7 Å². The third-order valence-electron chi connectivity index (χ3n) is 4.08. The Morgan fingerprint density at radius 2 is 1.93 bits per heavy atom. The van der Waals surface area contributed by atoms with Crippen LogP contribution in [0.15, 0.2) is 29.2 Å². The second kappa shape index (κ2) is 8.30. The average Bonchev–Trinajstić information content (AvgIpc) is 2.84. The summed E-state index contributed by atoms with van der Waals surface area (Å²) in [5.74, 6) is -2.73. The highest BCUT2D eigenvalue weighted by Crippen LogP contribution is 2.36. The topological polar surface area (TPSA) is 142 Å². The lowest BCUT2D eigenvalue weighted by atomic mass is 10.0. The molecule has 0 amide bonds. The molecule has 1 heterocycles. The van der Waals surface area contributed by atoms with E-state index < -0.39 is 43.9 Å². The van der Waals surface area contributed by atoms with Gasteiger partial charge < -0.3 is 14.6 Å². The number of non-ortho nitro benzene ring substituents is 1. The lowest BCUT2D eigenvalue weighted by Crippen LogP contribution is -2.46. The molecule has 27 heavy (non-hydrogen) atoms. The first kappa shape index (κ1) is 21.2. The van der Waals surface area contributed by atoms with Crippen LogP contribution in [0, 0.1) is 10.1 Å². The number of nitro benzene ring substituents is 1. The molecule has 2 rings (SSSR count). The number of nitrogens with zero attached hydrogens (tertiary/aromatic N) is 1. The van der Waals surface area contributed by atoms with Gasteiger partial charge in [-0.2, -0.15) is 8.42 Å². The molecule has 150 valence electrons. The molecule has 0 saturated carbocycles. The van der Waals surface area contributed by atoms with Crippen LogP contribution in [0.4, 0.5) is 5.69 Å². The van der Waals surface area contributed by atoms with Crippen molar-refractivity contribution in [2.24, 2.45) is 0 Å². The van der Waals surface area contributed by atoms with E-state index in [9.17, 15) is 28.4 Å². The number of unbranched alkanes of at least 4 members (excludes halogenated alkanes) is 1. The van der Waals surface area contributed by atoms with Crippen LogP contribution in [-0.2, 0) is 28.6 Å². The molecule has 3 atom stereocenters. The minimum Gasteiger partial charge on any atom is -0.428 e. The molecule has 0 unspecified atom stereocenters. The van der Waals surface area contributed by atoms with Crippen molar-refractivity contribution >= 4 is 21.8 Å². The fraction of sp³-hybridized carbons (Fsp3) is 0.562. The summed E-state index contributed by atoms with van der Waals surface area (Å²) < 4.78 is 40.3. The normalized spacial score (nSPS) is 25.4. The molecule has 1 fully saturated rings. The molecular formula is C16H21NO9S. The summed E-state index contributed by atoms with van der Waals surface area (Å²) in [6, 6.07) is 3.94. The highest BCUT2D eigenvalue weighted by atomic mass is 32.2. The van der Waals surface area contributed by atoms with Crippen LogP contribution in [-0.4, -0.2) is 49.0 Å². The van der Waals surface area contributed by atoms with Crippen LogP contribution >= 0.6 is 0 Å². The highest BCUT2D eigenvalue weighted by molar-refractivity contribution is 7.86. The number of hydrogen-bond acceptors (Lipinski definition) is 9. The van der Waals surface area contributed by atoms with Crippen molar-refractivity contribution in [3.05, 3.63) is 34.4 Å². The van der Waals surface area contributed by atoms with E-state index in [-0.39, 0.29) is 18.7 Å². The van der Waals surface area contributed by atoms with Gasteiger partial charge in [-0.3, -0.25) is 10.1 Å². The van der Waals surface area contributed by atoms with Crippen molar-refractivity contribution in [2.45, 2.75) is 56.0 Å². The van der Waals surface area contributed by atoms with E-state index in [0.29, 0.717) is 6.42 Å². The standard InChI is InChI=1S/C16H21NO9S/c1-3-5-10-16(24-4-2)14(18)13(15(19)25-16)26-27(22,23)12-8-6-11(7-9-12)17(20)21/h6-9,13-14,18H,3-5,10H2,1-2H3/t13-,14+,16-/m0/s1. The summed E-state index contributed by atoms with van der Waals surface area (Å²) >= 11 is 0. The summed E-state index contributed by atoms with van der Waals surface area (Å²) in [6.45, 7) is 3.68. The Hall–Kier alpha value is -2.08. The number of carbonyl (C=O) groups excluding carboxylic acids is 1. The smallest absolute Gasteiger partial charge is 0.342 e. The van der Waals surface area contributed by atoms with Gasteiger partial charge in [0.05, 0.1) is 9.82 Å². The Kier molecular flexibility index (Phi) is 6.52. The lowest BCUT2D eigenvalue weighted by molar-refractivity contribution is -0.384. The maximum Gasteiger partial charge on any atom is 0.342 e. The van der Waals surface area contributed by atoms with E-state index in [1.807, 2.05) is 6.92 Å². The fourth-order valence-electron chi connectivity index (χ4n) is 2.72. The molecule has 0 aromatic heterocycles. The summed E-state index contributed by atoms with van der Waals surface area (Å²) in [7, 11) is -4.48. The third-order valence-corrected chi connectivity index (χ3v) is 5.39. The van der Waals surface area contributed by atoms with Crippen molar-refractivity contribution in [2.75, 3.05) is 6.61 Å². The number of cyclic esters (lactones) is 1. The highest BCUT2D eigenvalue weighted by Gasteiger charge is 2.58. The van der Waals surface area contributed by atoms with Crippen LogP contribution in [0.1, 0.15) is 33.1 Å². The van der Waals surface area contributed by atoms with E-state index >= 15 is 0 Å². The summed E-state index contributed by atoms with van der Waals surface area (Å²) in [5, 5.41) is 21.2. The van der Waals surface area contributed by atoms with Crippen LogP contribution in [0.2, 0.25) is 0 Å². The number of rotatable bonds is 9. The number of benzene rings is 1. The Morgan fingerprint density at radius 1 is 1.30 bits per heavy atom. The summed E-state index contributed by atoms with van der Waals surface area (Å²) in [5.41, 5.74) is -0.302. The minimum absolute atomic E-state index is 0.135. The largest absolute Gasteiger partial charge is 0.428 e. The van der Waals surface area contributed by atoms with Gasteiger partial charge in [0.2, 0.25) is 11.9 Å². The predicted molar refractivity (Wildman–Crippen MR) is 91.1 cm³/mol. The Balaban J connectivity index is 2.24. The minimum atomic E-state index is -4.48. The number of hydrogen-bond donors (Lipinski definition) is 1. The predicted octanol–water partition coefficient (Wildman–Crippen LogP) is 1.51. The average molecular weight is 403 g/mol. The number of nitro groups is 1. The second-order valence-corrected chi connectivity index (χ2v) is 7.51. The van der Waals surface area contributed by atoms with E-state index in [2.05, 4.69) is 0 Å². The monoisotopic (exact) mass is 403 g/mol. The molecule has 1 aliphatic heterocycles. The molecule has 0 spiro atoms. The van der Waals surface area contributed by atoms with Gasteiger partial charge in [-0.05, 0) is 25.5 Å². The zero-order valence-electron chi connectivity index (χ0n) is 14.9. The van der Waals surface area contributed by atoms with E-state index in [1.54, 1.807) is 6.92 Å². The molecule has 1 aromatic carbocycles. The SMILES string of the molecule is CCCC[C@]1(OCC)OC(=O)[C@@H](OS(=O)(=O)c2ccc([N+](=O)[O-])cc2)[C@H]1O. The number of carbonyl (C=O) groups is 1. The van der Waals surface area contributed by atoms with Crippen molar-refractivity contribution in [3.63, 3.8) is 0 Å². The Morgan fingerprint density at radius 3 is 2.44 bits per heavy atom. The number of aliphatic hydroxyl groups excluding tert-OH is 1. The van der Waals surface area contributed by atoms with Crippen molar-refractivity contribution in [3.8, 4) is 0 Å². The van der Waals surface area contributed by atoms with Gasteiger partial charge in [-0.25, -0.2) is 8.98 Å². The summed E-state index contributed by atoms with van der Waals surface area (Å²) in [6.07, 6.45) is -1.95. The van der Waals surface area contributed by atoms with Crippen LogP contribution in [0.25, 0.3) is 0 Å². The van der Waals surface area contributed by atoms with Gasteiger partial charge in [-0.15, -0.1) is 0 Å². The van der Waals surface area contributed by atoms with Gasteiger partial charge in [0, 0.05) is 25.2 Å². The molecule has 1 N–H and O–H groups in total. The van der Waals surface area contributed by atoms with Gasteiger partial charge >= 0.3 is 5.97 Å². The Bertz CT molecular complexity index is 793. The first-order valence-corrected chi connectivity index (χ1v) is 9.80. The molecule has 1 aliphatic rings. The first-order chi connectivity index (χ1) is 12.7. The molecule has 11 heteroatoms. The molecule has 0 radical (unpaired) electrons. The zero-order valence-corrected chi connectivity index (χ0v) is 15.7. The summed E-state index contributed by atoms with van der Waals surface area (Å²) in [4.78, 5) is 21.7. The van der Waals surface area contributed by atoms with Gasteiger partial charge in [0.15, 0.2) is 6.10 Å². The maximum absolute atomic E-state index is 12.4. The van der Waals surface area contributed by atoms with Crippen molar-refractivity contribution in [1.29, 1.82) is 0 Å². The number of esters is 1. The molecular weight excluding hydrogens is 382 g/mol. The van der Waals surface area contributed by atoms with Crippen LogP contribution < -0.4 is 0 Å². The molecule has 10 nitrogen and oxygen atoms in total. The molecule has 1 saturated heterocycles. The number of aliphatic hydroxyl groups is 1. The van der Waals surface area contributed by atoms with E-state index in [0.717, 1.165) is 30.7 Å². The first-order valence-electron chi connectivity index (χ1n) is 8.39.